The summed E-state index contributed by atoms with van der Waals surface area (Å²) in [5.41, 5.74) is 6.31. The van der Waals surface area contributed by atoms with E-state index < -0.39 is 0 Å². The van der Waals surface area contributed by atoms with Gasteiger partial charge in [-0.2, -0.15) is 0 Å². The van der Waals surface area contributed by atoms with Gasteiger partial charge < -0.3 is 14.6 Å². The predicted molar refractivity (Wildman–Crippen MR) is 121 cm³/mol. The van der Waals surface area contributed by atoms with Crippen molar-refractivity contribution in [1.82, 2.24) is 14.9 Å². The number of nitrogens with zero attached hydrogens (tertiary/aromatic N) is 2. The van der Waals surface area contributed by atoms with Crippen LogP contribution in [0.4, 0.5) is 0 Å². The summed E-state index contributed by atoms with van der Waals surface area (Å²) in [4.78, 5) is 17.3. The lowest BCUT2D eigenvalue weighted by atomic mass is 9.89. The second kappa shape index (κ2) is 9.56. The van der Waals surface area contributed by atoms with Crippen LogP contribution in [0.5, 0.6) is 0 Å². The average Bonchev–Trinajstić information content (AvgIpc) is 3.36. The van der Waals surface area contributed by atoms with Gasteiger partial charge >= 0.3 is 0 Å². The third-order valence-corrected chi connectivity index (χ3v) is 7.39. The van der Waals surface area contributed by atoms with E-state index in [9.17, 15) is 4.79 Å². The number of aryl methyl sites for hydroxylation is 3. The summed E-state index contributed by atoms with van der Waals surface area (Å²) in [5.74, 6) is 0.420. The van der Waals surface area contributed by atoms with Crippen molar-refractivity contribution in [2.24, 2.45) is 0 Å². The summed E-state index contributed by atoms with van der Waals surface area (Å²) in [6.07, 6.45) is 7.38. The lowest BCUT2D eigenvalue weighted by Crippen LogP contribution is -2.28. The first-order chi connectivity index (χ1) is 14.5. The number of hydrogen-bond donors (Lipinski definition) is 1. The van der Waals surface area contributed by atoms with Crippen LogP contribution in [0.25, 0.3) is 0 Å². The molecule has 0 radical (unpaired) electrons. The van der Waals surface area contributed by atoms with Crippen molar-refractivity contribution in [2.75, 3.05) is 12.4 Å². The molecule has 1 N–H and O–H groups in total. The van der Waals surface area contributed by atoms with Crippen LogP contribution < -0.4 is 5.32 Å². The molecule has 1 aliphatic carbocycles. The van der Waals surface area contributed by atoms with Gasteiger partial charge in [0.15, 0.2) is 5.16 Å². The number of fused-ring (bicyclic) bond motifs is 1. The first kappa shape index (κ1) is 21.4. The van der Waals surface area contributed by atoms with Crippen molar-refractivity contribution in [2.45, 2.75) is 83.1 Å². The predicted octanol–water partition coefficient (Wildman–Crippen LogP) is 4.53. The maximum absolute atomic E-state index is 12.6. The zero-order chi connectivity index (χ0) is 21.1. The number of nitrogens with one attached hydrogen (secondary N) is 1. The molecule has 0 saturated carbocycles. The molecule has 6 heteroatoms. The molecule has 4 rings (SSSR count). The van der Waals surface area contributed by atoms with E-state index in [1.165, 1.54) is 47.7 Å². The summed E-state index contributed by atoms with van der Waals surface area (Å²) in [5, 5.41) is 4.08. The summed E-state index contributed by atoms with van der Waals surface area (Å²) in [6, 6.07) is 6.71. The molecule has 2 aliphatic rings. The van der Waals surface area contributed by atoms with Gasteiger partial charge in [-0.3, -0.25) is 4.79 Å². The number of thioether (sulfide) groups is 1. The maximum Gasteiger partial charge on any atom is 0.230 e. The van der Waals surface area contributed by atoms with Crippen LogP contribution in [-0.2, 0) is 28.9 Å². The highest BCUT2D eigenvalue weighted by molar-refractivity contribution is 7.99. The fourth-order valence-electron chi connectivity index (χ4n) is 4.46. The minimum Gasteiger partial charge on any atom is -0.376 e. The zero-order valence-electron chi connectivity index (χ0n) is 18.4. The van der Waals surface area contributed by atoms with Crippen LogP contribution in [0.2, 0.25) is 0 Å². The fourth-order valence-corrected chi connectivity index (χ4v) is 5.37. The summed E-state index contributed by atoms with van der Waals surface area (Å²) >= 11 is 1.52. The number of aromatic nitrogens is 2. The van der Waals surface area contributed by atoms with Crippen LogP contribution in [0, 0.1) is 13.8 Å². The van der Waals surface area contributed by atoms with Gasteiger partial charge in [0.25, 0.3) is 0 Å². The molecule has 1 aliphatic heterocycles. The third kappa shape index (κ3) is 4.92. The van der Waals surface area contributed by atoms with E-state index >= 15 is 0 Å². The second-order valence-electron chi connectivity index (χ2n) is 8.62. The van der Waals surface area contributed by atoms with Gasteiger partial charge in [0, 0.05) is 12.3 Å². The Morgan fingerprint density at radius 1 is 1.27 bits per heavy atom. The van der Waals surface area contributed by atoms with E-state index in [4.69, 9.17) is 9.72 Å². The van der Waals surface area contributed by atoms with Crippen molar-refractivity contribution in [3.63, 3.8) is 0 Å². The van der Waals surface area contributed by atoms with Crippen molar-refractivity contribution >= 4 is 17.7 Å². The molecule has 0 unspecified atom stereocenters. The molecule has 162 valence electrons. The van der Waals surface area contributed by atoms with E-state index in [-0.39, 0.29) is 18.1 Å². The number of carbonyl (C=O) groups is 1. The lowest BCUT2D eigenvalue weighted by Gasteiger charge is -2.20. The molecule has 2 aromatic rings. The van der Waals surface area contributed by atoms with Crippen molar-refractivity contribution in [1.29, 1.82) is 0 Å². The van der Waals surface area contributed by atoms with Crippen molar-refractivity contribution in [3.8, 4) is 0 Å². The maximum atomic E-state index is 12.6. The molecule has 30 heavy (non-hydrogen) atoms. The molecule has 1 aromatic carbocycles. The van der Waals surface area contributed by atoms with Crippen molar-refractivity contribution < 1.29 is 9.53 Å². The minimum absolute atomic E-state index is 0.0143. The largest absolute Gasteiger partial charge is 0.376 e. The fraction of sp³-hybridized carbons (Fsp3) is 0.583. The number of imidazole rings is 1. The Morgan fingerprint density at radius 2 is 2.07 bits per heavy atom. The third-order valence-electron chi connectivity index (χ3n) is 6.42. The molecule has 1 saturated heterocycles. The van der Waals surface area contributed by atoms with Crippen LogP contribution in [-0.4, -0.2) is 33.9 Å². The molecule has 2 atom stereocenters. The first-order valence-corrected chi connectivity index (χ1v) is 12.2. The Bertz CT molecular complexity index is 902. The van der Waals surface area contributed by atoms with Gasteiger partial charge in [-0.05, 0) is 76.0 Å². The van der Waals surface area contributed by atoms with Crippen LogP contribution in [0.3, 0.4) is 0 Å². The second-order valence-corrected chi connectivity index (χ2v) is 9.57. The Kier molecular flexibility index (Phi) is 6.84. The quantitative estimate of drug-likeness (QED) is 0.660. The van der Waals surface area contributed by atoms with E-state index in [1.54, 1.807) is 0 Å². The van der Waals surface area contributed by atoms with E-state index in [0.29, 0.717) is 5.75 Å². The molecule has 2 heterocycles. The monoisotopic (exact) mass is 427 g/mol. The first-order valence-electron chi connectivity index (χ1n) is 11.2. The summed E-state index contributed by atoms with van der Waals surface area (Å²) in [7, 11) is 0. The Balaban J connectivity index is 1.35. The topological polar surface area (TPSA) is 56.2 Å². The van der Waals surface area contributed by atoms with Crippen LogP contribution in [0.15, 0.2) is 23.4 Å². The number of rotatable bonds is 7. The molecular formula is C24H33N3O2S. The lowest BCUT2D eigenvalue weighted by molar-refractivity contribution is -0.119. The minimum atomic E-state index is 0.0143. The number of amides is 1. The number of benzene rings is 1. The number of carbonyl (C=O) groups excluding carboxylic acids is 1. The highest BCUT2D eigenvalue weighted by atomic mass is 32.2. The van der Waals surface area contributed by atoms with Gasteiger partial charge in [-0.15, -0.1) is 0 Å². The standard InChI is InChI=1S/C24H33N3O2S/c1-16-18(3)27(14-22-9-6-12-29-22)24(26-16)30-15-23(28)25-17(2)20-11-10-19-7-4-5-8-21(19)13-20/h10-11,13,17,22H,4-9,12,14-15H2,1-3H3,(H,25,28)/t17-,22-/m0/s1. The molecule has 0 bridgehead atoms. The highest BCUT2D eigenvalue weighted by Crippen LogP contribution is 2.26. The smallest absolute Gasteiger partial charge is 0.230 e. The van der Waals surface area contributed by atoms with Gasteiger partial charge in [-0.25, -0.2) is 4.98 Å². The average molecular weight is 428 g/mol. The normalized spacial score (nSPS) is 19.5. The Hall–Kier alpha value is -1.79. The van der Waals surface area contributed by atoms with Crippen molar-refractivity contribution in [3.05, 3.63) is 46.3 Å². The molecule has 1 fully saturated rings. The van der Waals surface area contributed by atoms with Gasteiger partial charge in [0.1, 0.15) is 0 Å². The van der Waals surface area contributed by atoms with E-state index in [0.717, 1.165) is 49.0 Å². The summed E-state index contributed by atoms with van der Waals surface area (Å²) in [6.45, 7) is 7.87. The molecule has 0 spiro atoms. The molecule has 1 aromatic heterocycles. The zero-order valence-corrected chi connectivity index (χ0v) is 19.2. The van der Waals surface area contributed by atoms with E-state index in [2.05, 4.69) is 41.9 Å². The Labute approximate surface area is 184 Å². The number of hydrogen-bond acceptors (Lipinski definition) is 4. The number of ether oxygens (including phenoxy) is 1. The molecular weight excluding hydrogens is 394 g/mol. The molecule has 1 amide bonds. The Morgan fingerprint density at radius 3 is 2.83 bits per heavy atom. The van der Waals surface area contributed by atoms with Crippen LogP contribution >= 0.6 is 11.8 Å². The molecule has 5 nitrogen and oxygen atoms in total. The van der Waals surface area contributed by atoms with E-state index in [1.807, 2.05) is 6.92 Å². The van der Waals surface area contributed by atoms with Gasteiger partial charge in [-0.1, -0.05) is 30.0 Å². The summed E-state index contributed by atoms with van der Waals surface area (Å²) < 4.78 is 8.02. The SMILES string of the molecule is Cc1nc(SCC(=O)N[C@@H](C)c2ccc3c(c2)CCCC3)n(C[C@@H]2CCCO2)c1C. The van der Waals surface area contributed by atoms with Gasteiger partial charge in [0.2, 0.25) is 5.91 Å². The highest BCUT2D eigenvalue weighted by Gasteiger charge is 2.21. The van der Waals surface area contributed by atoms with Gasteiger partial charge in [0.05, 0.1) is 30.1 Å². The van der Waals surface area contributed by atoms with Crippen LogP contribution in [0.1, 0.15) is 66.7 Å².